The molecule has 1 fully saturated rings. The van der Waals surface area contributed by atoms with Crippen LogP contribution in [0, 0.1) is 6.92 Å². The number of aryl methyl sites for hydroxylation is 1. The van der Waals surface area contributed by atoms with Crippen LogP contribution in [-0.4, -0.2) is 38.4 Å². The van der Waals surface area contributed by atoms with Crippen molar-refractivity contribution in [2.24, 2.45) is 0 Å². The highest BCUT2D eigenvalue weighted by molar-refractivity contribution is 7.89. The van der Waals surface area contributed by atoms with Gasteiger partial charge in [-0.2, -0.15) is 0 Å². The van der Waals surface area contributed by atoms with Crippen molar-refractivity contribution in [3.05, 3.63) is 45.9 Å². The van der Waals surface area contributed by atoms with Crippen LogP contribution < -0.4 is 15.4 Å². The normalized spacial score (nSPS) is 17.6. The number of hydrogen-bond donors (Lipinski definition) is 3. The molecule has 134 valence electrons. The van der Waals surface area contributed by atoms with Gasteiger partial charge in [-0.25, -0.2) is 18.1 Å². The second-order valence-corrected chi connectivity index (χ2v) is 8.61. The number of carbonyl (C=O) groups is 1. The summed E-state index contributed by atoms with van der Waals surface area (Å²) in [6.45, 7) is 3.60. The van der Waals surface area contributed by atoms with E-state index < -0.39 is 10.0 Å². The predicted molar refractivity (Wildman–Crippen MR) is 96.1 cm³/mol. The van der Waals surface area contributed by atoms with Crippen molar-refractivity contribution in [1.29, 1.82) is 0 Å². The molecule has 1 aromatic carbocycles. The number of amides is 1. The first-order valence-electron chi connectivity index (χ1n) is 7.96. The molecule has 1 aliphatic rings. The van der Waals surface area contributed by atoms with E-state index in [0.717, 1.165) is 25.2 Å². The van der Waals surface area contributed by atoms with Crippen molar-refractivity contribution in [3.8, 4) is 0 Å². The summed E-state index contributed by atoms with van der Waals surface area (Å²) in [6.07, 6.45) is 0.874. The van der Waals surface area contributed by atoms with Gasteiger partial charge in [-0.3, -0.25) is 4.79 Å². The summed E-state index contributed by atoms with van der Waals surface area (Å²) in [7, 11) is -3.71. The molecule has 0 bridgehead atoms. The molecule has 3 rings (SSSR count). The van der Waals surface area contributed by atoms with Crippen LogP contribution in [0.25, 0.3) is 0 Å². The number of benzene rings is 1. The molecule has 0 aliphatic carbocycles. The zero-order chi connectivity index (χ0) is 17.9. The second kappa shape index (κ2) is 7.61. The summed E-state index contributed by atoms with van der Waals surface area (Å²) in [5.74, 6) is -0.263. The zero-order valence-electron chi connectivity index (χ0n) is 13.8. The van der Waals surface area contributed by atoms with Crippen LogP contribution in [0.3, 0.4) is 0 Å². The van der Waals surface area contributed by atoms with E-state index in [2.05, 4.69) is 20.3 Å². The highest BCUT2D eigenvalue weighted by Gasteiger charge is 2.20. The molecule has 1 aliphatic heterocycles. The molecule has 1 aromatic heterocycles. The molecule has 0 spiro atoms. The van der Waals surface area contributed by atoms with Crippen molar-refractivity contribution in [2.75, 3.05) is 13.1 Å². The van der Waals surface area contributed by atoms with Crippen LogP contribution >= 0.6 is 11.3 Å². The maximum Gasteiger partial charge on any atom is 0.251 e. The number of nitrogens with one attached hydrogen (secondary N) is 3. The average Bonchev–Trinajstić information content (AvgIpc) is 3.25. The molecule has 7 nitrogen and oxygen atoms in total. The number of sulfonamides is 1. The van der Waals surface area contributed by atoms with Crippen LogP contribution in [0.2, 0.25) is 0 Å². The number of hydrogen-bond acceptors (Lipinski definition) is 6. The Morgan fingerprint density at radius 1 is 1.44 bits per heavy atom. The molecule has 0 unspecified atom stereocenters. The van der Waals surface area contributed by atoms with Crippen molar-refractivity contribution in [1.82, 2.24) is 20.3 Å². The fourth-order valence-electron chi connectivity index (χ4n) is 2.58. The van der Waals surface area contributed by atoms with Gasteiger partial charge in [-0.05, 0) is 38.1 Å². The highest BCUT2D eigenvalue weighted by Crippen LogP contribution is 2.14. The van der Waals surface area contributed by atoms with Crippen LogP contribution in [0.4, 0.5) is 0 Å². The summed E-state index contributed by atoms with van der Waals surface area (Å²) in [6, 6.07) is 6.14. The summed E-state index contributed by atoms with van der Waals surface area (Å²) in [5, 5.41) is 8.65. The average molecular weight is 380 g/mol. The first kappa shape index (κ1) is 18.0. The van der Waals surface area contributed by atoms with Gasteiger partial charge >= 0.3 is 0 Å². The van der Waals surface area contributed by atoms with Gasteiger partial charge < -0.3 is 10.6 Å². The minimum atomic E-state index is -3.71. The Morgan fingerprint density at radius 3 is 2.96 bits per heavy atom. The summed E-state index contributed by atoms with van der Waals surface area (Å²) in [4.78, 5) is 16.6. The van der Waals surface area contributed by atoms with Crippen molar-refractivity contribution in [3.63, 3.8) is 0 Å². The van der Waals surface area contributed by atoms with Gasteiger partial charge in [-0.15, -0.1) is 11.3 Å². The highest BCUT2D eigenvalue weighted by atomic mass is 32.2. The largest absolute Gasteiger partial charge is 0.348 e. The van der Waals surface area contributed by atoms with E-state index in [4.69, 9.17) is 0 Å². The monoisotopic (exact) mass is 380 g/mol. The minimum absolute atomic E-state index is 0.0676. The fraction of sp³-hybridized carbons (Fsp3) is 0.375. The van der Waals surface area contributed by atoms with E-state index in [-0.39, 0.29) is 23.4 Å². The molecular weight excluding hydrogens is 360 g/mol. The third kappa shape index (κ3) is 4.63. The number of carbonyl (C=O) groups excluding carboxylic acids is 1. The standard InChI is InChI=1S/C16H20N4O3S2/c1-11-10-24-15(19-11)9-18-25(22,23)14-4-2-3-12(7-14)16(21)20-13-5-6-17-8-13/h2-4,7,10,13,17-18H,5-6,8-9H2,1H3,(H,20,21)/t13-/m0/s1. The molecule has 0 radical (unpaired) electrons. The Hall–Kier alpha value is -1.81. The van der Waals surface area contributed by atoms with Gasteiger partial charge in [0.25, 0.3) is 5.91 Å². The molecular formula is C16H20N4O3S2. The zero-order valence-corrected chi connectivity index (χ0v) is 15.4. The number of aromatic nitrogens is 1. The van der Waals surface area contributed by atoms with Crippen molar-refractivity contribution >= 4 is 27.3 Å². The van der Waals surface area contributed by atoms with Crippen molar-refractivity contribution < 1.29 is 13.2 Å². The van der Waals surface area contributed by atoms with E-state index in [1.54, 1.807) is 12.1 Å². The molecule has 9 heteroatoms. The van der Waals surface area contributed by atoms with E-state index >= 15 is 0 Å². The Bertz CT molecular complexity index is 858. The SMILES string of the molecule is Cc1csc(CNS(=O)(=O)c2cccc(C(=O)N[C@H]3CCNC3)c2)n1. The molecule has 1 amide bonds. The molecule has 1 saturated heterocycles. The van der Waals surface area contributed by atoms with Gasteiger partial charge in [0, 0.05) is 29.2 Å². The number of nitrogens with zero attached hydrogens (tertiary/aromatic N) is 1. The summed E-state index contributed by atoms with van der Waals surface area (Å²) in [5.41, 5.74) is 1.19. The minimum Gasteiger partial charge on any atom is -0.348 e. The summed E-state index contributed by atoms with van der Waals surface area (Å²) < 4.78 is 27.4. The number of thiazole rings is 1. The molecule has 2 aromatic rings. The quantitative estimate of drug-likeness (QED) is 0.695. The summed E-state index contributed by atoms with van der Waals surface area (Å²) >= 11 is 1.40. The van der Waals surface area contributed by atoms with Crippen LogP contribution in [0.1, 0.15) is 27.5 Å². The van der Waals surface area contributed by atoms with E-state index in [9.17, 15) is 13.2 Å². The van der Waals surface area contributed by atoms with E-state index in [1.165, 1.54) is 23.5 Å². The Kier molecular flexibility index (Phi) is 5.48. The van der Waals surface area contributed by atoms with Crippen molar-refractivity contribution in [2.45, 2.75) is 30.8 Å². The fourth-order valence-corrected chi connectivity index (χ4v) is 4.41. The van der Waals surface area contributed by atoms with E-state index in [0.29, 0.717) is 10.6 Å². The molecule has 3 N–H and O–H groups in total. The lowest BCUT2D eigenvalue weighted by Gasteiger charge is -2.12. The van der Waals surface area contributed by atoms with Crippen LogP contribution in [-0.2, 0) is 16.6 Å². The van der Waals surface area contributed by atoms with Gasteiger partial charge in [0.15, 0.2) is 0 Å². The van der Waals surface area contributed by atoms with E-state index in [1.807, 2.05) is 12.3 Å². The topological polar surface area (TPSA) is 100 Å². The molecule has 2 heterocycles. The Balaban J connectivity index is 1.69. The smallest absolute Gasteiger partial charge is 0.251 e. The third-order valence-electron chi connectivity index (χ3n) is 3.88. The predicted octanol–water partition coefficient (Wildman–Crippen LogP) is 1.02. The van der Waals surface area contributed by atoms with Crippen LogP contribution in [0.15, 0.2) is 34.5 Å². The lowest BCUT2D eigenvalue weighted by atomic mass is 10.2. The Labute approximate surface area is 150 Å². The van der Waals surface area contributed by atoms with Crippen LogP contribution in [0.5, 0.6) is 0 Å². The molecule has 25 heavy (non-hydrogen) atoms. The lowest BCUT2D eigenvalue weighted by Crippen LogP contribution is -2.36. The molecule has 0 saturated carbocycles. The first-order chi connectivity index (χ1) is 11.9. The lowest BCUT2D eigenvalue weighted by molar-refractivity contribution is 0.0940. The van der Waals surface area contributed by atoms with Gasteiger partial charge in [-0.1, -0.05) is 6.07 Å². The first-order valence-corrected chi connectivity index (χ1v) is 10.3. The van der Waals surface area contributed by atoms with Gasteiger partial charge in [0.2, 0.25) is 10.0 Å². The Morgan fingerprint density at radius 2 is 2.28 bits per heavy atom. The third-order valence-corrected chi connectivity index (χ3v) is 6.25. The maximum absolute atomic E-state index is 12.5. The van der Waals surface area contributed by atoms with Gasteiger partial charge in [0.1, 0.15) is 5.01 Å². The second-order valence-electron chi connectivity index (χ2n) is 5.90. The number of rotatable bonds is 6. The maximum atomic E-state index is 12.5. The van der Waals surface area contributed by atoms with Gasteiger partial charge in [0.05, 0.1) is 11.4 Å². The molecule has 1 atom stereocenters.